The van der Waals surface area contributed by atoms with E-state index in [1.807, 2.05) is 6.07 Å². The molecule has 6 heteroatoms. The lowest BCUT2D eigenvalue weighted by atomic mass is 9.92. The summed E-state index contributed by atoms with van der Waals surface area (Å²) >= 11 is 5.88. The van der Waals surface area contributed by atoms with Crippen LogP contribution in [0.3, 0.4) is 0 Å². The number of amides is 1. The first-order valence-electron chi connectivity index (χ1n) is 7.82. The van der Waals surface area contributed by atoms with E-state index in [1.165, 1.54) is 43.9 Å². The summed E-state index contributed by atoms with van der Waals surface area (Å²) in [5.41, 5.74) is 11.7. The van der Waals surface area contributed by atoms with E-state index in [0.717, 1.165) is 10.2 Å². The van der Waals surface area contributed by atoms with E-state index in [0.29, 0.717) is 11.3 Å². The third-order valence-corrected chi connectivity index (χ3v) is 4.01. The molecule has 1 aliphatic rings. The number of primary amides is 1. The number of carbonyl (C=O) groups is 1. The molecule has 0 aliphatic heterocycles. The fourth-order valence-electron chi connectivity index (χ4n) is 2.60. The molecule has 1 amide bonds. The highest BCUT2D eigenvalue weighted by Gasteiger charge is 2.08. The van der Waals surface area contributed by atoms with E-state index in [2.05, 4.69) is 17.6 Å². The van der Waals surface area contributed by atoms with Crippen LogP contribution in [0.15, 0.2) is 42.5 Å². The van der Waals surface area contributed by atoms with Crippen LogP contribution in [0.25, 0.3) is 0 Å². The monoisotopic (exact) mass is 347 g/mol. The van der Waals surface area contributed by atoms with E-state index in [4.69, 9.17) is 22.5 Å². The van der Waals surface area contributed by atoms with Crippen LogP contribution in [-0.4, -0.2) is 23.3 Å². The van der Waals surface area contributed by atoms with Crippen molar-refractivity contribution < 1.29 is 10.0 Å². The average Bonchev–Trinajstić information content (AvgIpc) is 2.55. The zero-order valence-corrected chi connectivity index (χ0v) is 14.4. The molecule has 2 aromatic rings. The van der Waals surface area contributed by atoms with Crippen molar-refractivity contribution in [2.45, 2.75) is 25.7 Å². The number of halogens is 1. The third-order valence-electron chi connectivity index (χ3n) is 3.77. The van der Waals surface area contributed by atoms with Gasteiger partial charge >= 0.3 is 0 Å². The second-order valence-corrected chi connectivity index (χ2v) is 6.13. The fourth-order valence-corrected chi connectivity index (χ4v) is 2.79. The van der Waals surface area contributed by atoms with Gasteiger partial charge in [0.15, 0.2) is 0 Å². The van der Waals surface area contributed by atoms with Crippen molar-refractivity contribution in [1.29, 1.82) is 0 Å². The molecule has 0 radical (unpaired) electrons. The van der Waals surface area contributed by atoms with Gasteiger partial charge in [0.05, 0.1) is 5.69 Å². The lowest BCUT2D eigenvalue weighted by Gasteiger charge is -2.14. The van der Waals surface area contributed by atoms with Crippen molar-refractivity contribution in [1.82, 2.24) is 5.17 Å². The van der Waals surface area contributed by atoms with Gasteiger partial charge in [-0.3, -0.25) is 15.4 Å². The molecule has 0 unspecified atom stereocenters. The molecule has 0 aromatic heterocycles. The quantitative estimate of drug-likeness (QED) is 0.740. The Labute approximate surface area is 147 Å². The Morgan fingerprint density at radius 1 is 1.12 bits per heavy atom. The molecule has 1 aliphatic carbocycles. The number of anilines is 1. The van der Waals surface area contributed by atoms with E-state index in [-0.39, 0.29) is 0 Å². The topological polar surface area (TPSA) is 78.6 Å². The lowest BCUT2D eigenvalue weighted by Crippen LogP contribution is -2.20. The van der Waals surface area contributed by atoms with Gasteiger partial charge < -0.3 is 5.73 Å². The number of nitrogens with one attached hydrogen (secondary N) is 1. The summed E-state index contributed by atoms with van der Waals surface area (Å²) in [6.45, 7) is 0. The minimum Gasteiger partial charge on any atom is -0.366 e. The third kappa shape index (κ3) is 5.53. The number of benzene rings is 2. The second-order valence-electron chi connectivity index (χ2n) is 5.70. The maximum atomic E-state index is 10.7. The largest absolute Gasteiger partial charge is 0.366 e. The Balaban J connectivity index is 0.000000175. The second kappa shape index (κ2) is 8.68. The first-order chi connectivity index (χ1) is 11.5. The molecule has 4 N–H and O–H groups in total. The molecule has 0 bridgehead atoms. The van der Waals surface area contributed by atoms with Gasteiger partial charge in [-0.05, 0) is 73.2 Å². The number of fused-ring (bicyclic) bond motifs is 1. The molecule has 0 saturated heterocycles. The van der Waals surface area contributed by atoms with E-state index in [1.54, 1.807) is 24.3 Å². The van der Waals surface area contributed by atoms with Crippen LogP contribution in [0, 0.1) is 0 Å². The van der Waals surface area contributed by atoms with Crippen LogP contribution < -0.4 is 11.2 Å². The molecule has 5 nitrogen and oxygen atoms in total. The number of hydrogen-bond donors (Lipinski definition) is 3. The van der Waals surface area contributed by atoms with Crippen molar-refractivity contribution in [3.8, 4) is 0 Å². The zero-order valence-electron chi connectivity index (χ0n) is 13.6. The standard InChI is InChI=1S/C10H11Cl.C8H11N3O2/c11-10-6-5-8-3-1-2-4-9(8)7-10;1-11(13)10-7-4-2-6(3-5-7)8(9)12/h5-7H,1-4H2;2-5,10,13H,1H3,(H2,9,12). The summed E-state index contributed by atoms with van der Waals surface area (Å²) in [5.74, 6) is -0.469. The highest BCUT2D eigenvalue weighted by atomic mass is 35.5. The molecule has 0 fully saturated rings. The SMILES string of the molecule is CN(O)Nc1ccc(C(N)=O)cc1.Clc1ccc2c(c1)CCCC2. The number of nitrogens with zero attached hydrogens (tertiary/aromatic N) is 1. The van der Waals surface area contributed by atoms with Crippen LogP contribution in [0.1, 0.15) is 34.3 Å². The molecule has 2 aromatic carbocycles. The molecule has 0 spiro atoms. The number of carbonyl (C=O) groups excluding carboxylic acids is 1. The van der Waals surface area contributed by atoms with Crippen LogP contribution in [0.5, 0.6) is 0 Å². The van der Waals surface area contributed by atoms with E-state index >= 15 is 0 Å². The van der Waals surface area contributed by atoms with Crippen LogP contribution in [0.4, 0.5) is 5.69 Å². The number of hydrogen-bond acceptors (Lipinski definition) is 4. The van der Waals surface area contributed by atoms with Gasteiger partial charge in [-0.25, -0.2) is 0 Å². The Morgan fingerprint density at radius 3 is 2.33 bits per heavy atom. The molecule has 0 saturated carbocycles. The van der Waals surface area contributed by atoms with Crippen molar-refractivity contribution in [3.05, 3.63) is 64.2 Å². The van der Waals surface area contributed by atoms with Crippen LogP contribution in [-0.2, 0) is 12.8 Å². The first kappa shape index (κ1) is 18.3. The Kier molecular flexibility index (Phi) is 6.61. The van der Waals surface area contributed by atoms with Gasteiger partial charge in [0.25, 0.3) is 0 Å². The Bertz CT molecular complexity index is 687. The van der Waals surface area contributed by atoms with Crippen molar-refractivity contribution in [2.24, 2.45) is 5.73 Å². The van der Waals surface area contributed by atoms with Gasteiger partial charge in [0.1, 0.15) is 0 Å². The summed E-state index contributed by atoms with van der Waals surface area (Å²) in [4.78, 5) is 10.7. The predicted octanol–water partition coefficient (Wildman–Crippen LogP) is 3.65. The van der Waals surface area contributed by atoms with E-state index < -0.39 is 5.91 Å². The zero-order chi connectivity index (χ0) is 17.5. The lowest BCUT2D eigenvalue weighted by molar-refractivity contribution is -0.0385. The normalized spacial score (nSPS) is 12.8. The molecule has 0 atom stereocenters. The maximum Gasteiger partial charge on any atom is 0.248 e. The van der Waals surface area contributed by atoms with Crippen molar-refractivity contribution >= 4 is 23.2 Å². The highest BCUT2D eigenvalue weighted by molar-refractivity contribution is 6.30. The fraction of sp³-hybridized carbons (Fsp3) is 0.278. The first-order valence-corrected chi connectivity index (χ1v) is 8.20. The molecular weight excluding hydrogens is 326 g/mol. The Hall–Kier alpha value is -2.08. The molecule has 24 heavy (non-hydrogen) atoms. The minimum absolute atomic E-state index is 0.436. The molecule has 128 valence electrons. The Morgan fingerprint density at radius 2 is 1.75 bits per heavy atom. The highest BCUT2D eigenvalue weighted by Crippen LogP contribution is 2.23. The summed E-state index contributed by atoms with van der Waals surface area (Å²) in [6.07, 6.45) is 5.13. The molecule has 3 rings (SSSR count). The maximum absolute atomic E-state index is 10.7. The van der Waals surface area contributed by atoms with Gasteiger partial charge in [-0.1, -0.05) is 17.7 Å². The van der Waals surface area contributed by atoms with Gasteiger partial charge in [-0.15, -0.1) is 5.17 Å². The number of hydroxylamine groups is 1. The number of rotatable bonds is 3. The summed E-state index contributed by atoms with van der Waals surface area (Å²) in [5, 5.41) is 10.5. The summed E-state index contributed by atoms with van der Waals surface area (Å²) < 4.78 is 0. The summed E-state index contributed by atoms with van der Waals surface area (Å²) in [7, 11) is 1.45. The minimum atomic E-state index is -0.469. The number of aryl methyl sites for hydroxylation is 2. The van der Waals surface area contributed by atoms with E-state index in [9.17, 15) is 4.79 Å². The summed E-state index contributed by atoms with van der Waals surface area (Å²) in [6, 6.07) is 12.7. The van der Waals surface area contributed by atoms with Crippen molar-refractivity contribution in [3.63, 3.8) is 0 Å². The van der Waals surface area contributed by atoms with Crippen LogP contribution in [0.2, 0.25) is 5.02 Å². The number of hydrazine groups is 1. The molecular formula is C18H22ClN3O2. The smallest absolute Gasteiger partial charge is 0.248 e. The van der Waals surface area contributed by atoms with Gasteiger partial charge in [0, 0.05) is 17.6 Å². The van der Waals surface area contributed by atoms with Gasteiger partial charge in [0.2, 0.25) is 5.91 Å². The molecule has 0 heterocycles. The van der Waals surface area contributed by atoms with Gasteiger partial charge in [-0.2, -0.15) is 0 Å². The predicted molar refractivity (Wildman–Crippen MR) is 96.2 cm³/mol. The van der Waals surface area contributed by atoms with Crippen LogP contribution >= 0.6 is 11.6 Å². The number of nitrogens with two attached hydrogens (primary N) is 1. The van der Waals surface area contributed by atoms with Crippen molar-refractivity contribution in [2.75, 3.05) is 12.5 Å². The average molecular weight is 348 g/mol.